The molecule has 0 heterocycles. The molecule has 0 aromatic rings. The highest BCUT2D eigenvalue weighted by atomic mass is 16.8. The summed E-state index contributed by atoms with van der Waals surface area (Å²) in [4.78, 5) is 13.2. The van der Waals surface area contributed by atoms with Gasteiger partial charge in [-0.3, -0.25) is 0 Å². The van der Waals surface area contributed by atoms with Gasteiger partial charge in [0.1, 0.15) is 0 Å². The summed E-state index contributed by atoms with van der Waals surface area (Å²) < 4.78 is 0. The lowest BCUT2D eigenvalue weighted by Gasteiger charge is -1.91. The number of hydrogen-bond acceptors (Lipinski definition) is 3. The fraction of sp³-hybridized carbons (Fsp3) is 0. The van der Waals surface area contributed by atoms with Crippen LogP contribution in [-0.4, -0.2) is 11.3 Å². The van der Waals surface area contributed by atoms with Gasteiger partial charge in [0.05, 0.1) is 0 Å². The molecule has 0 saturated carbocycles. The molecule has 4 heteroatoms. The van der Waals surface area contributed by atoms with Crippen molar-refractivity contribution in [3.8, 4) is 0 Å². The monoisotopic (exact) mass is 103 g/mol. The van der Waals surface area contributed by atoms with Crippen LogP contribution in [0.25, 0.3) is 0 Å². The van der Waals surface area contributed by atoms with Gasteiger partial charge in [0.25, 0.3) is 0 Å². The molecule has 0 aromatic heterocycles. The predicted octanol–water partition coefficient (Wildman–Crippen LogP) is 0.329. The Balaban J connectivity index is 2.97. The third-order valence-corrected chi connectivity index (χ3v) is 0.230. The Morgan fingerprint density at radius 1 is 2.00 bits per heavy atom. The van der Waals surface area contributed by atoms with Crippen molar-refractivity contribution in [2.75, 3.05) is 0 Å². The number of carbonyl (C=O) groups is 1. The van der Waals surface area contributed by atoms with E-state index in [1.165, 1.54) is 0 Å². The van der Waals surface area contributed by atoms with Gasteiger partial charge >= 0.3 is 6.16 Å². The minimum atomic E-state index is -1.38. The Kier molecular flexibility index (Phi) is 2.50. The molecule has 0 aliphatic carbocycles. The molecule has 0 radical (unpaired) electrons. The molecule has 0 rings (SSSR count). The summed E-state index contributed by atoms with van der Waals surface area (Å²) in [6, 6.07) is 0. The van der Waals surface area contributed by atoms with Gasteiger partial charge in [-0.2, -0.15) is 0 Å². The van der Waals surface area contributed by atoms with Crippen molar-refractivity contribution in [3.05, 3.63) is 12.8 Å². The third kappa shape index (κ3) is 4.81. The van der Waals surface area contributed by atoms with Gasteiger partial charge in [0.15, 0.2) is 0 Å². The van der Waals surface area contributed by atoms with Crippen LogP contribution >= 0.6 is 0 Å². The molecule has 0 atom stereocenters. The van der Waals surface area contributed by atoms with Gasteiger partial charge in [-0.25, -0.2) is 10.3 Å². The minimum absolute atomic E-state index is 1.12. The van der Waals surface area contributed by atoms with Crippen molar-refractivity contribution in [1.29, 1.82) is 0 Å². The van der Waals surface area contributed by atoms with E-state index in [2.05, 4.69) is 11.4 Å². The normalized spacial score (nSPS) is 6.86. The maximum atomic E-state index is 9.43. The lowest BCUT2D eigenvalue weighted by molar-refractivity contribution is 0.0615. The van der Waals surface area contributed by atoms with Crippen LogP contribution in [0, 0.1) is 0 Å². The molecule has 0 fully saturated rings. The molecular weight excluding hydrogens is 98.0 g/mol. The number of nitrogens with one attached hydrogen (secondary N) is 1. The SMILES string of the molecule is C=CNOC(=O)O. The first-order valence-corrected chi connectivity index (χ1v) is 1.53. The predicted molar refractivity (Wildman–Crippen MR) is 22.4 cm³/mol. The van der Waals surface area contributed by atoms with Gasteiger partial charge in [-0.05, 0) is 0 Å². The van der Waals surface area contributed by atoms with E-state index in [1.54, 1.807) is 0 Å². The van der Waals surface area contributed by atoms with Gasteiger partial charge in [0.2, 0.25) is 0 Å². The molecule has 4 nitrogen and oxygen atoms in total. The highest BCUT2D eigenvalue weighted by molar-refractivity contribution is 5.56. The quantitative estimate of drug-likeness (QED) is 0.494. The minimum Gasteiger partial charge on any atom is -0.448 e. The Morgan fingerprint density at radius 2 is 2.57 bits per heavy atom. The fourth-order valence-corrected chi connectivity index (χ4v) is 0.0921. The van der Waals surface area contributed by atoms with Crippen LogP contribution in [0.3, 0.4) is 0 Å². The van der Waals surface area contributed by atoms with E-state index < -0.39 is 6.16 Å². The Labute approximate surface area is 40.4 Å². The Hall–Kier alpha value is -1.19. The van der Waals surface area contributed by atoms with Gasteiger partial charge < -0.3 is 9.94 Å². The molecule has 40 valence electrons. The van der Waals surface area contributed by atoms with E-state index in [-0.39, 0.29) is 0 Å². The molecule has 0 unspecified atom stereocenters. The van der Waals surface area contributed by atoms with Gasteiger partial charge in [-0.15, -0.1) is 0 Å². The summed E-state index contributed by atoms with van der Waals surface area (Å²) >= 11 is 0. The number of carboxylic acid groups (broad SMARTS) is 1. The van der Waals surface area contributed by atoms with Crippen LogP contribution in [0.4, 0.5) is 4.79 Å². The summed E-state index contributed by atoms with van der Waals surface area (Å²) in [5.74, 6) is 0. The highest BCUT2D eigenvalue weighted by Crippen LogP contribution is 1.64. The zero-order chi connectivity index (χ0) is 5.70. The topological polar surface area (TPSA) is 58.6 Å². The smallest absolute Gasteiger partial charge is 0.448 e. The second-order valence-electron chi connectivity index (χ2n) is 0.690. The van der Waals surface area contributed by atoms with Crippen molar-refractivity contribution in [3.63, 3.8) is 0 Å². The molecule has 0 saturated heterocycles. The second-order valence-corrected chi connectivity index (χ2v) is 0.690. The molecule has 0 aliphatic heterocycles. The number of hydroxylamine groups is 1. The second kappa shape index (κ2) is 3.02. The highest BCUT2D eigenvalue weighted by Gasteiger charge is 1.87. The van der Waals surface area contributed by atoms with E-state index in [0.29, 0.717) is 0 Å². The van der Waals surface area contributed by atoms with E-state index in [4.69, 9.17) is 5.11 Å². The lowest BCUT2D eigenvalue weighted by atomic mass is 11.1. The molecule has 0 aliphatic rings. The molecule has 2 N–H and O–H groups in total. The largest absolute Gasteiger partial charge is 0.530 e. The van der Waals surface area contributed by atoms with Crippen LogP contribution in [0.5, 0.6) is 0 Å². The van der Waals surface area contributed by atoms with Crippen LogP contribution < -0.4 is 5.48 Å². The summed E-state index contributed by atoms with van der Waals surface area (Å²) in [5.41, 5.74) is 1.91. The molecular formula is C3H5NO3. The van der Waals surface area contributed by atoms with Gasteiger partial charge in [0, 0.05) is 6.20 Å². The first kappa shape index (κ1) is 5.81. The van der Waals surface area contributed by atoms with Crippen molar-refractivity contribution < 1.29 is 14.7 Å². The summed E-state index contributed by atoms with van der Waals surface area (Å²) in [6.07, 6.45) is -0.256. The zero-order valence-electron chi connectivity index (χ0n) is 3.55. The lowest BCUT2D eigenvalue weighted by Crippen LogP contribution is -2.10. The summed E-state index contributed by atoms with van der Waals surface area (Å²) in [6.45, 7) is 3.13. The van der Waals surface area contributed by atoms with Crippen molar-refractivity contribution in [2.24, 2.45) is 0 Å². The molecule has 0 amide bonds. The molecule has 0 spiro atoms. The zero-order valence-corrected chi connectivity index (χ0v) is 3.55. The van der Waals surface area contributed by atoms with Crippen molar-refractivity contribution in [1.82, 2.24) is 5.48 Å². The van der Waals surface area contributed by atoms with Crippen LogP contribution in [-0.2, 0) is 4.84 Å². The van der Waals surface area contributed by atoms with E-state index in [1.807, 2.05) is 5.48 Å². The van der Waals surface area contributed by atoms with Crippen LogP contribution in [0.1, 0.15) is 0 Å². The molecule has 0 bridgehead atoms. The van der Waals surface area contributed by atoms with Crippen LogP contribution in [0.15, 0.2) is 12.8 Å². The number of hydrogen-bond donors (Lipinski definition) is 2. The first-order chi connectivity index (χ1) is 3.27. The summed E-state index contributed by atoms with van der Waals surface area (Å²) in [5, 5.41) is 7.71. The molecule has 7 heavy (non-hydrogen) atoms. The Morgan fingerprint density at radius 3 is 2.71 bits per heavy atom. The van der Waals surface area contributed by atoms with Crippen molar-refractivity contribution >= 4 is 6.16 Å². The number of rotatable bonds is 2. The molecule has 0 aromatic carbocycles. The fourth-order valence-electron chi connectivity index (χ4n) is 0.0921. The standard InChI is InChI=1S/C3H5NO3/c1-2-4-7-3(5)6/h2,4H,1H2,(H,5,6). The maximum absolute atomic E-state index is 9.43. The maximum Gasteiger partial charge on any atom is 0.530 e. The van der Waals surface area contributed by atoms with E-state index in [9.17, 15) is 4.79 Å². The third-order valence-electron chi connectivity index (χ3n) is 0.230. The van der Waals surface area contributed by atoms with Gasteiger partial charge in [-0.1, -0.05) is 6.58 Å². The summed E-state index contributed by atoms with van der Waals surface area (Å²) in [7, 11) is 0. The van der Waals surface area contributed by atoms with E-state index in [0.717, 1.165) is 6.20 Å². The average Bonchev–Trinajstić information content (AvgIpc) is 1.61. The van der Waals surface area contributed by atoms with Crippen LogP contribution in [0.2, 0.25) is 0 Å². The Bertz CT molecular complexity index is 80.2. The first-order valence-electron chi connectivity index (χ1n) is 1.53. The van der Waals surface area contributed by atoms with Crippen molar-refractivity contribution in [2.45, 2.75) is 0 Å². The van der Waals surface area contributed by atoms with E-state index >= 15 is 0 Å². The average molecular weight is 103 g/mol.